The number of rotatable bonds is 3. The third kappa shape index (κ3) is 6.12. The van der Waals surface area contributed by atoms with Gasteiger partial charge in [-0.3, -0.25) is 4.90 Å². The van der Waals surface area contributed by atoms with Crippen LogP contribution >= 0.6 is 23.2 Å². The van der Waals surface area contributed by atoms with Gasteiger partial charge in [0.05, 0.1) is 0 Å². The highest BCUT2D eigenvalue weighted by Crippen LogP contribution is 2.19. The second-order valence-corrected chi connectivity index (χ2v) is 7.37. The number of ether oxygens (including phenoxy) is 1. The van der Waals surface area contributed by atoms with Crippen molar-refractivity contribution >= 4 is 29.3 Å². The topological polar surface area (TPSA) is 67.3 Å². The molecule has 1 aromatic rings. The number of alkyl carbamates (subject to hydrolysis) is 1. The third-order valence-corrected chi connectivity index (χ3v) is 3.91. The standard InChI is InChI=1S/C15H22Cl2N4O2/c1-15(2,3)23-14(22)19-11-5-4-6-21(9-11)8-10-7-18-13(17)20-12(10)16/h7,11H,4-6,8-9H2,1-3H3,(H,19,22)/t11-/m1/s1. The molecule has 8 heteroatoms. The minimum absolute atomic E-state index is 0.0607. The van der Waals surface area contributed by atoms with Crippen molar-refractivity contribution in [3.63, 3.8) is 0 Å². The van der Waals surface area contributed by atoms with Crippen LogP contribution in [0.4, 0.5) is 4.79 Å². The monoisotopic (exact) mass is 360 g/mol. The maximum Gasteiger partial charge on any atom is 0.407 e. The Morgan fingerprint density at radius 3 is 2.87 bits per heavy atom. The van der Waals surface area contributed by atoms with Crippen molar-refractivity contribution in [1.82, 2.24) is 20.2 Å². The van der Waals surface area contributed by atoms with Crippen molar-refractivity contribution in [2.24, 2.45) is 0 Å². The Morgan fingerprint density at radius 2 is 2.22 bits per heavy atom. The minimum Gasteiger partial charge on any atom is -0.444 e. The average Bonchev–Trinajstić information content (AvgIpc) is 2.40. The maximum atomic E-state index is 11.9. The van der Waals surface area contributed by atoms with Gasteiger partial charge in [0.2, 0.25) is 5.28 Å². The molecule has 2 heterocycles. The predicted molar refractivity (Wildman–Crippen MR) is 89.7 cm³/mol. The zero-order valence-electron chi connectivity index (χ0n) is 13.6. The van der Waals surface area contributed by atoms with Crippen LogP contribution in [0.3, 0.4) is 0 Å². The Bertz CT molecular complexity index is 563. The molecule has 128 valence electrons. The molecule has 23 heavy (non-hydrogen) atoms. The van der Waals surface area contributed by atoms with Gasteiger partial charge in [0.15, 0.2) is 0 Å². The van der Waals surface area contributed by atoms with Gasteiger partial charge in [-0.15, -0.1) is 0 Å². The lowest BCUT2D eigenvalue weighted by atomic mass is 10.1. The summed E-state index contributed by atoms with van der Waals surface area (Å²) in [4.78, 5) is 22.0. The van der Waals surface area contributed by atoms with Gasteiger partial charge in [-0.1, -0.05) is 11.6 Å². The van der Waals surface area contributed by atoms with Gasteiger partial charge >= 0.3 is 6.09 Å². The fourth-order valence-electron chi connectivity index (χ4n) is 2.50. The zero-order valence-corrected chi connectivity index (χ0v) is 15.1. The normalized spacial score (nSPS) is 19.4. The molecule has 1 aromatic heterocycles. The molecule has 1 aliphatic rings. The molecule has 0 unspecified atom stereocenters. The number of likely N-dealkylation sites (tertiary alicyclic amines) is 1. The summed E-state index contributed by atoms with van der Waals surface area (Å²) in [6.07, 6.45) is 3.19. The fourth-order valence-corrected chi connectivity index (χ4v) is 2.87. The summed E-state index contributed by atoms with van der Waals surface area (Å²) in [5, 5.41) is 3.44. The molecule has 0 aliphatic carbocycles. The Hall–Kier alpha value is -1.11. The lowest BCUT2D eigenvalue weighted by molar-refractivity contribution is 0.0470. The Labute approximate surface area is 146 Å². The number of aromatic nitrogens is 2. The first-order chi connectivity index (χ1) is 10.7. The van der Waals surface area contributed by atoms with Crippen LogP contribution in [0.1, 0.15) is 39.2 Å². The van der Waals surface area contributed by atoms with Crippen LogP contribution in [0.25, 0.3) is 0 Å². The number of nitrogens with one attached hydrogen (secondary N) is 1. The van der Waals surface area contributed by atoms with Crippen molar-refractivity contribution in [3.8, 4) is 0 Å². The quantitative estimate of drug-likeness (QED) is 0.661. The molecule has 1 aliphatic heterocycles. The highest BCUT2D eigenvalue weighted by atomic mass is 35.5. The predicted octanol–water partition coefficient (Wildman–Crippen LogP) is 3.27. The van der Waals surface area contributed by atoms with Gasteiger partial charge in [0.25, 0.3) is 0 Å². The highest BCUT2D eigenvalue weighted by molar-refractivity contribution is 6.32. The lowest BCUT2D eigenvalue weighted by Gasteiger charge is -2.33. The number of carbonyl (C=O) groups excluding carboxylic acids is 1. The van der Waals surface area contributed by atoms with E-state index in [1.165, 1.54) is 0 Å². The molecule has 1 N–H and O–H groups in total. The van der Waals surface area contributed by atoms with Crippen LogP contribution in [0.2, 0.25) is 10.4 Å². The Kier molecular flexibility index (Phi) is 6.06. The average molecular weight is 361 g/mol. The summed E-state index contributed by atoms with van der Waals surface area (Å²) in [6, 6.07) is 0.0607. The molecule has 0 aromatic carbocycles. The molecule has 0 saturated carbocycles. The molecule has 0 spiro atoms. The van der Waals surface area contributed by atoms with Crippen LogP contribution in [-0.2, 0) is 11.3 Å². The van der Waals surface area contributed by atoms with Gasteiger partial charge in [-0.05, 0) is 51.8 Å². The maximum absolute atomic E-state index is 11.9. The molecule has 2 rings (SSSR count). The number of nitrogens with zero attached hydrogens (tertiary/aromatic N) is 3. The number of hydrogen-bond donors (Lipinski definition) is 1. The minimum atomic E-state index is -0.493. The van der Waals surface area contributed by atoms with E-state index >= 15 is 0 Å². The van der Waals surface area contributed by atoms with E-state index in [2.05, 4.69) is 20.2 Å². The first kappa shape index (κ1) is 18.2. The number of amides is 1. The number of hydrogen-bond acceptors (Lipinski definition) is 5. The number of piperidine rings is 1. The van der Waals surface area contributed by atoms with Crippen molar-refractivity contribution in [2.75, 3.05) is 13.1 Å². The second kappa shape index (κ2) is 7.64. The molecular formula is C15H22Cl2N4O2. The van der Waals surface area contributed by atoms with Crippen molar-refractivity contribution in [2.45, 2.75) is 51.8 Å². The zero-order chi connectivity index (χ0) is 17.0. The van der Waals surface area contributed by atoms with Gasteiger partial charge in [-0.25, -0.2) is 14.8 Å². The molecule has 1 fully saturated rings. The summed E-state index contributed by atoms with van der Waals surface area (Å²) < 4.78 is 5.30. The number of carbonyl (C=O) groups is 1. The Morgan fingerprint density at radius 1 is 1.48 bits per heavy atom. The van der Waals surface area contributed by atoms with Crippen LogP contribution in [-0.4, -0.2) is 45.7 Å². The fraction of sp³-hybridized carbons (Fsp3) is 0.667. The Balaban J connectivity index is 1.89. The summed E-state index contributed by atoms with van der Waals surface area (Å²) >= 11 is 11.8. The van der Waals surface area contributed by atoms with E-state index in [0.717, 1.165) is 31.5 Å². The van der Waals surface area contributed by atoms with Crippen LogP contribution in [0, 0.1) is 0 Å². The molecule has 6 nitrogen and oxygen atoms in total. The van der Waals surface area contributed by atoms with Crippen molar-refractivity contribution in [1.29, 1.82) is 0 Å². The van der Waals surface area contributed by atoms with Crippen molar-refractivity contribution in [3.05, 3.63) is 22.2 Å². The van der Waals surface area contributed by atoms with Gasteiger partial charge in [-0.2, -0.15) is 0 Å². The SMILES string of the molecule is CC(C)(C)OC(=O)N[C@@H]1CCCN(Cc2cnc(Cl)nc2Cl)C1. The van der Waals surface area contributed by atoms with E-state index in [-0.39, 0.29) is 17.4 Å². The highest BCUT2D eigenvalue weighted by Gasteiger charge is 2.24. The first-order valence-electron chi connectivity index (χ1n) is 7.62. The smallest absolute Gasteiger partial charge is 0.407 e. The third-order valence-electron chi connectivity index (χ3n) is 3.40. The van der Waals surface area contributed by atoms with Gasteiger partial charge < -0.3 is 10.1 Å². The van der Waals surface area contributed by atoms with E-state index in [1.54, 1.807) is 6.20 Å². The van der Waals surface area contributed by atoms with E-state index < -0.39 is 5.60 Å². The summed E-state index contributed by atoms with van der Waals surface area (Å²) in [5.74, 6) is 0. The van der Waals surface area contributed by atoms with E-state index in [1.807, 2.05) is 20.8 Å². The molecule has 1 atom stereocenters. The van der Waals surface area contributed by atoms with Crippen LogP contribution in [0.15, 0.2) is 6.20 Å². The lowest BCUT2D eigenvalue weighted by Crippen LogP contribution is -2.48. The molecule has 1 saturated heterocycles. The summed E-state index contributed by atoms with van der Waals surface area (Å²) in [7, 11) is 0. The summed E-state index contributed by atoms with van der Waals surface area (Å²) in [5.41, 5.74) is 0.334. The van der Waals surface area contributed by atoms with E-state index in [9.17, 15) is 4.79 Å². The number of halogens is 2. The van der Waals surface area contributed by atoms with E-state index in [0.29, 0.717) is 11.7 Å². The largest absolute Gasteiger partial charge is 0.444 e. The first-order valence-corrected chi connectivity index (χ1v) is 8.37. The molecule has 0 radical (unpaired) electrons. The van der Waals surface area contributed by atoms with Crippen LogP contribution < -0.4 is 5.32 Å². The van der Waals surface area contributed by atoms with Crippen molar-refractivity contribution < 1.29 is 9.53 Å². The van der Waals surface area contributed by atoms with Gasteiger partial charge in [0, 0.05) is 30.9 Å². The molecule has 0 bridgehead atoms. The van der Waals surface area contributed by atoms with Crippen LogP contribution in [0.5, 0.6) is 0 Å². The summed E-state index contributed by atoms with van der Waals surface area (Å²) in [6.45, 7) is 7.85. The van der Waals surface area contributed by atoms with E-state index in [4.69, 9.17) is 27.9 Å². The molecular weight excluding hydrogens is 339 g/mol. The van der Waals surface area contributed by atoms with Gasteiger partial charge in [0.1, 0.15) is 10.8 Å². The second-order valence-electron chi connectivity index (χ2n) is 6.68. The molecule has 1 amide bonds.